The number of aromatic nitrogens is 3. The van der Waals surface area contributed by atoms with Gasteiger partial charge in [-0.2, -0.15) is 0 Å². The van der Waals surface area contributed by atoms with Crippen LogP contribution in [0.15, 0.2) is 29.4 Å². The molecule has 0 fully saturated rings. The van der Waals surface area contributed by atoms with Crippen molar-refractivity contribution in [3.8, 4) is 11.4 Å². The van der Waals surface area contributed by atoms with Gasteiger partial charge in [-0.25, -0.2) is 9.59 Å². The van der Waals surface area contributed by atoms with Crippen molar-refractivity contribution >= 4 is 45.9 Å². The number of rotatable bonds is 8. The van der Waals surface area contributed by atoms with Gasteiger partial charge in [-0.3, -0.25) is 4.79 Å². The number of aryl methyl sites for hydroxylation is 1. The molecular weight excluding hydrogens is 464 g/mol. The maximum absolute atomic E-state index is 12.7. The number of carbonyl (C=O) groups excluding carboxylic acids is 3. The van der Waals surface area contributed by atoms with Crippen molar-refractivity contribution < 1.29 is 23.9 Å². The minimum absolute atomic E-state index is 0.0387. The summed E-state index contributed by atoms with van der Waals surface area (Å²) >= 11 is 2.21. The summed E-state index contributed by atoms with van der Waals surface area (Å²) in [4.78, 5) is 37.2. The number of esters is 2. The second-order valence-corrected chi connectivity index (χ2v) is 8.91. The number of thioether (sulfide) groups is 1. The highest BCUT2D eigenvalue weighted by molar-refractivity contribution is 7.99. The zero-order valence-electron chi connectivity index (χ0n) is 18.9. The minimum Gasteiger partial charge on any atom is -0.465 e. The molecule has 0 bridgehead atoms. The molecule has 1 aromatic carbocycles. The van der Waals surface area contributed by atoms with Crippen LogP contribution >= 0.6 is 23.1 Å². The fraction of sp³-hybridized carbons (Fsp3) is 0.318. The van der Waals surface area contributed by atoms with Gasteiger partial charge in [0.15, 0.2) is 11.0 Å². The lowest BCUT2D eigenvalue weighted by molar-refractivity contribution is -0.113. The van der Waals surface area contributed by atoms with Gasteiger partial charge in [-0.1, -0.05) is 36.0 Å². The number of nitrogens with zero attached hydrogens (tertiary/aromatic N) is 3. The van der Waals surface area contributed by atoms with Crippen LogP contribution in [0.3, 0.4) is 0 Å². The number of ether oxygens (including phenoxy) is 2. The Morgan fingerprint density at radius 1 is 1.09 bits per heavy atom. The molecule has 0 spiro atoms. The van der Waals surface area contributed by atoms with Gasteiger partial charge in [0, 0.05) is 12.1 Å². The number of anilines is 1. The maximum Gasteiger partial charge on any atom is 0.348 e. The summed E-state index contributed by atoms with van der Waals surface area (Å²) in [6, 6.07) is 7.90. The normalized spacial score (nSPS) is 10.7. The second kappa shape index (κ2) is 10.6. The lowest BCUT2D eigenvalue weighted by Gasteiger charge is -2.09. The number of amides is 1. The molecule has 174 valence electrons. The Labute approximate surface area is 199 Å². The number of benzene rings is 1. The van der Waals surface area contributed by atoms with Crippen LogP contribution in [0, 0.1) is 13.8 Å². The molecule has 11 heteroatoms. The first-order chi connectivity index (χ1) is 15.8. The molecule has 1 amide bonds. The molecule has 3 rings (SSSR count). The van der Waals surface area contributed by atoms with E-state index in [1.165, 1.54) is 26.0 Å². The Hall–Kier alpha value is -3.18. The summed E-state index contributed by atoms with van der Waals surface area (Å²) < 4.78 is 11.5. The van der Waals surface area contributed by atoms with E-state index in [9.17, 15) is 14.4 Å². The number of nitrogens with one attached hydrogen (secondary N) is 1. The topological polar surface area (TPSA) is 112 Å². The molecule has 0 saturated carbocycles. The summed E-state index contributed by atoms with van der Waals surface area (Å²) in [5, 5.41) is 12.1. The lowest BCUT2D eigenvalue weighted by Crippen LogP contribution is -2.16. The van der Waals surface area contributed by atoms with E-state index in [0.717, 1.165) is 28.3 Å². The highest BCUT2D eigenvalue weighted by Gasteiger charge is 2.27. The summed E-state index contributed by atoms with van der Waals surface area (Å²) in [6.07, 6.45) is 0. The van der Waals surface area contributed by atoms with Crippen LogP contribution in [0.5, 0.6) is 0 Å². The maximum atomic E-state index is 12.7. The Morgan fingerprint density at radius 2 is 1.79 bits per heavy atom. The highest BCUT2D eigenvalue weighted by atomic mass is 32.2. The molecular formula is C22H24N4O5S2. The van der Waals surface area contributed by atoms with Gasteiger partial charge in [0.1, 0.15) is 9.88 Å². The molecule has 3 aromatic rings. The van der Waals surface area contributed by atoms with E-state index in [1.54, 1.807) is 6.92 Å². The fourth-order valence-electron chi connectivity index (χ4n) is 3.23. The fourth-order valence-corrected chi connectivity index (χ4v) is 5.16. The standard InChI is InChI=1S/C22H24N4O5S2/c1-6-26-18(14-10-8-7-9-12(14)2)24-25-22(26)32-11-15(27)23-19-16(20(28)30-4)13(3)17(33-19)21(29)31-5/h7-10H,6,11H2,1-5H3,(H,23,27). The number of hydrogen-bond acceptors (Lipinski definition) is 9. The Kier molecular flexibility index (Phi) is 7.88. The molecule has 0 aliphatic carbocycles. The van der Waals surface area contributed by atoms with Crippen molar-refractivity contribution in [2.24, 2.45) is 0 Å². The van der Waals surface area contributed by atoms with Gasteiger partial charge in [-0.15, -0.1) is 21.5 Å². The average Bonchev–Trinajstić information content (AvgIpc) is 3.37. The third-order valence-corrected chi connectivity index (χ3v) is 7.07. The lowest BCUT2D eigenvalue weighted by atomic mass is 10.1. The van der Waals surface area contributed by atoms with Crippen molar-refractivity contribution in [3.63, 3.8) is 0 Å². The number of thiophene rings is 1. The zero-order valence-corrected chi connectivity index (χ0v) is 20.6. The van der Waals surface area contributed by atoms with Crippen LogP contribution in [0.2, 0.25) is 0 Å². The molecule has 0 unspecified atom stereocenters. The van der Waals surface area contributed by atoms with E-state index in [0.29, 0.717) is 17.3 Å². The molecule has 9 nitrogen and oxygen atoms in total. The first kappa shape index (κ1) is 24.5. The monoisotopic (exact) mass is 488 g/mol. The molecule has 2 heterocycles. The van der Waals surface area contributed by atoms with E-state index in [1.807, 2.05) is 42.7 Å². The van der Waals surface area contributed by atoms with Crippen LogP contribution in [0.4, 0.5) is 5.00 Å². The smallest absolute Gasteiger partial charge is 0.348 e. The van der Waals surface area contributed by atoms with Crippen LogP contribution in [-0.4, -0.2) is 52.6 Å². The minimum atomic E-state index is -0.643. The SMILES string of the molecule is CCn1c(SCC(=O)Nc2sc(C(=O)OC)c(C)c2C(=O)OC)nnc1-c1ccccc1C. The molecule has 1 N–H and O–H groups in total. The average molecular weight is 489 g/mol. The number of hydrogen-bond donors (Lipinski definition) is 1. The summed E-state index contributed by atoms with van der Waals surface area (Å²) in [6.45, 7) is 6.24. The van der Waals surface area contributed by atoms with Crippen molar-refractivity contribution in [2.45, 2.75) is 32.5 Å². The van der Waals surface area contributed by atoms with Gasteiger partial charge in [0.05, 0.1) is 25.5 Å². The molecule has 0 aliphatic rings. The molecule has 0 atom stereocenters. The van der Waals surface area contributed by atoms with Crippen LogP contribution < -0.4 is 5.32 Å². The Morgan fingerprint density at radius 3 is 2.42 bits per heavy atom. The zero-order chi connectivity index (χ0) is 24.1. The van der Waals surface area contributed by atoms with E-state index < -0.39 is 11.9 Å². The predicted octanol–water partition coefficient (Wildman–Crippen LogP) is 3.95. The molecule has 0 saturated heterocycles. The van der Waals surface area contributed by atoms with Crippen LogP contribution in [0.1, 0.15) is 38.1 Å². The molecule has 0 radical (unpaired) electrons. The summed E-state index contributed by atoms with van der Waals surface area (Å²) in [5.74, 6) is -0.807. The predicted molar refractivity (Wildman–Crippen MR) is 127 cm³/mol. The van der Waals surface area contributed by atoms with E-state index in [2.05, 4.69) is 15.5 Å². The van der Waals surface area contributed by atoms with Crippen molar-refractivity contribution in [1.29, 1.82) is 0 Å². The van der Waals surface area contributed by atoms with Gasteiger partial charge in [0.2, 0.25) is 5.91 Å². The molecule has 33 heavy (non-hydrogen) atoms. The highest BCUT2D eigenvalue weighted by Crippen LogP contribution is 2.34. The van der Waals surface area contributed by atoms with Crippen molar-refractivity contribution in [3.05, 3.63) is 45.8 Å². The first-order valence-electron chi connectivity index (χ1n) is 10.0. The first-order valence-corrected chi connectivity index (χ1v) is 11.8. The van der Waals surface area contributed by atoms with Gasteiger partial charge in [-0.05, 0) is 31.9 Å². The number of methoxy groups -OCH3 is 2. The number of carbonyl (C=O) groups is 3. The van der Waals surface area contributed by atoms with Gasteiger partial charge in [0.25, 0.3) is 0 Å². The summed E-state index contributed by atoms with van der Waals surface area (Å²) in [7, 11) is 2.49. The molecule has 0 aliphatic heterocycles. The van der Waals surface area contributed by atoms with E-state index in [4.69, 9.17) is 9.47 Å². The third kappa shape index (κ3) is 5.09. The Balaban J connectivity index is 1.79. The third-order valence-electron chi connectivity index (χ3n) is 4.91. The molecule has 2 aromatic heterocycles. The van der Waals surface area contributed by atoms with Crippen molar-refractivity contribution in [1.82, 2.24) is 14.8 Å². The van der Waals surface area contributed by atoms with Crippen LogP contribution in [-0.2, 0) is 20.8 Å². The van der Waals surface area contributed by atoms with E-state index >= 15 is 0 Å². The Bertz CT molecular complexity index is 1200. The second-order valence-electron chi connectivity index (χ2n) is 6.95. The van der Waals surface area contributed by atoms with Crippen molar-refractivity contribution in [2.75, 3.05) is 25.3 Å². The van der Waals surface area contributed by atoms with E-state index in [-0.39, 0.29) is 27.1 Å². The van der Waals surface area contributed by atoms with Gasteiger partial charge < -0.3 is 19.4 Å². The quantitative estimate of drug-likeness (QED) is 0.375. The summed E-state index contributed by atoms with van der Waals surface area (Å²) in [5.41, 5.74) is 2.60. The van der Waals surface area contributed by atoms with Gasteiger partial charge >= 0.3 is 11.9 Å². The van der Waals surface area contributed by atoms with Crippen LogP contribution in [0.25, 0.3) is 11.4 Å². The largest absolute Gasteiger partial charge is 0.465 e.